The lowest BCUT2D eigenvalue weighted by atomic mass is 10.2. The van der Waals surface area contributed by atoms with Gasteiger partial charge < -0.3 is 4.90 Å². The van der Waals surface area contributed by atoms with Crippen molar-refractivity contribution < 1.29 is 9.59 Å². The second kappa shape index (κ2) is 6.05. The normalized spacial score (nSPS) is 14.5. The van der Waals surface area contributed by atoms with Crippen LogP contribution in [-0.4, -0.2) is 49.6 Å². The molecule has 28 heavy (non-hydrogen) atoms. The molecule has 1 saturated heterocycles. The number of fused-ring (bicyclic) bond motifs is 1. The largest absolute Gasteiger partial charge is 0.331 e. The van der Waals surface area contributed by atoms with Crippen molar-refractivity contribution in [2.24, 2.45) is 0 Å². The standard InChI is InChI=1S/C20H16N6O2/c1-23-13-18(27)25(20(23)28)16-6-2-5-15(12-16)24-11-10-21-19(24)17-7-3-4-14-8-9-22-26(14)17/h2-12H,13H2,1H3. The third kappa shape index (κ3) is 2.38. The third-order valence-electron chi connectivity index (χ3n) is 4.80. The molecule has 0 N–H and O–H groups in total. The van der Waals surface area contributed by atoms with Gasteiger partial charge in [0.15, 0.2) is 5.82 Å². The summed E-state index contributed by atoms with van der Waals surface area (Å²) in [5, 5.41) is 4.38. The van der Waals surface area contributed by atoms with Crippen LogP contribution in [0.3, 0.4) is 0 Å². The molecule has 1 aliphatic heterocycles. The summed E-state index contributed by atoms with van der Waals surface area (Å²) in [6, 6.07) is 14.8. The number of urea groups is 1. The molecule has 4 heterocycles. The van der Waals surface area contributed by atoms with Gasteiger partial charge in [-0.15, -0.1) is 0 Å². The van der Waals surface area contributed by atoms with Crippen LogP contribution in [0.5, 0.6) is 0 Å². The fraction of sp³-hybridized carbons (Fsp3) is 0.100. The average molecular weight is 372 g/mol. The maximum atomic E-state index is 12.3. The van der Waals surface area contributed by atoms with Crippen LogP contribution in [0.1, 0.15) is 0 Å². The number of imidazole rings is 1. The summed E-state index contributed by atoms with van der Waals surface area (Å²) in [6.45, 7) is 0.0840. The van der Waals surface area contributed by atoms with Crippen LogP contribution < -0.4 is 4.90 Å². The summed E-state index contributed by atoms with van der Waals surface area (Å²) in [5.41, 5.74) is 3.14. The first kappa shape index (κ1) is 16.2. The summed E-state index contributed by atoms with van der Waals surface area (Å²) in [6.07, 6.45) is 5.30. The Morgan fingerprint density at radius 1 is 0.964 bits per heavy atom. The smallest absolute Gasteiger partial charge is 0.318 e. The van der Waals surface area contributed by atoms with Crippen molar-refractivity contribution >= 4 is 23.1 Å². The van der Waals surface area contributed by atoms with E-state index in [0.29, 0.717) is 11.5 Å². The number of imide groups is 1. The van der Waals surface area contributed by atoms with Crippen LogP contribution in [0.25, 0.3) is 22.7 Å². The summed E-state index contributed by atoms with van der Waals surface area (Å²) >= 11 is 0. The van der Waals surface area contributed by atoms with Crippen LogP contribution in [0.15, 0.2) is 67.1 Å². The van der Waals surface area contributed by atoms with Crippen molar-refractivity contribution in [1.29, 1.82) is 0 Å². The quantitative estimate of drug-likeness (QED) is 0.518. The fourth-order valence-electron chi connectivity index (χ4n) is 3.48. The molecule has 1 aliphatic rings. The molecule has 0 atom stereocenters. The number of likely N-dealkylation sites (N-methyl/N-ethyl adjacent to an activating group) is 1. The minimum atomic E-state index is -0.325. The zero-order chi connectivity index (χ0) is 19.3. The number of carbonyl (C=O) groups excluding carboxylic acids is 2. The van der Waals surface area contributed by atoms with E-state index in [1.165, 1.54) is 9.80 Å². The molecule has 0 unspecified atom stereocenters. The molecule has 5 rings (SSSR count). The molecule has 1 aromatic carbocycles. The van der Waals surface area contributed by atoms with Crippen molar-refractivity contribution in [3.05, 3.63) is 67.1 Å². The third-order valence-corrected chi connectivity index (χ3v) is 4.80. The van der Waals surface area contributed by atoms with Crippen LogP contribution >= 0.6 is 0 Å². The van der Waals surface area contributed by atoms with Crippen LogP contribution in [-0.2, 0) is 4.79 Å². The summed E-state index contributed by atoms with van der Waals surface area (Å²) in [5.74, 6) is 0.472. The number of aromatic nitrogens is 4. The van der Waals surface area contributed by atoms with Gasteiger partial charge in [0.2, 0.25) is 0 Å². The topological polar surface area (TPSA) is 75.7 Å². The number of rotatable bonds is 3. The van der Waals surface area contributed by atoms with Gasteiger partial charge in [-0.05, 0) is 36.4 Å². The second-order valence-electron chi connectivity index (χ2n) is 6.59. The fourth-order valence-corrected chi connectivity index (χ4v) is 3.48. The van der Waals surface area contributed by atoms with Gasteiger partial charge in [0.25, 0.3) is 5.91 Å². The number of amides is 3. The highest BCUT2D eigenvalue weighted by molar-refractivity contribution is 6.19. The number of benzene rings is 1. The van der Waals surface area contributed by atoms with Gasteiger partial charge in [0.05, 0.1) is 17.4 Å². The molecule has 0 spiro atoms. The monoisotopic (exact) mass is 372 g/mol. The summed E-state index contributed by atoms with van der Waals surface area (Å²) < 4.78 is 3.74. The molecular formula is C20H16N6O2. The Balaban J connectivity index is 1.61. The molecule has 0 aliphatic carbocycles. The molecule has 8 heteroatoms. The van der Waals surface area contributed by atoms with E-state index in [1.807, 2.05) is 57.7 Å². The lowest BCUT2D eigenvalue weighted by molar-refractivity contribution is -0.116. The summed E-state index contributed by atoms with van der Waals surface area (Å²) in [4.78, 5) is 31.7. The number of pyridine rings is 1. The first-order chi connectivity index (χ1) is 13.6. The SMILES string of the molecule is CN1CC(=O)N(c2cccc(-n3ccnc3-c3cccc4ccnn34)c2)C1=O. The average Bonchev–Trinajstić information content (AvgIpc) is 3.41. The van der Waals surface area contributed by atoms with Gasteiger partial charge in [0, 0.05) is 25.1 Å². The molecule has 3 aromatic heterocycles. The highest BCUT2D eigenvalue weighted by Crippen LogP contribution is 2.27. The van der Waals surface area contributed by atoms with Crippen molar-refractivity contribution in [3.63, 3.8) is 0 Å². The Kier molecular flexibility index (Phi) is 3.51. The minimum Gasteiger partial charge on any atom is -0.318 e. The maximum absolute atomic E-state index is 12.3. The molecule has 0 radical (unpaired) electrons. The van der Waals surface area contributed by atoms with E-state index in [2.05, 4.69) is 10.1 Å². The van der Waals surface area contributed by atoms with E-state index >= 15 is 0 Å². The highest BCUT2D eigenvalue weighted by Gasteiger charge is 2.34. The van der Waals surface area contributed by atoms with Crippen LogP contribution in [0, 0.1) is 0 Å². The Morgan fingerprint density at radius 3 is 2.61 bits per heavy atom. The number of anilines is 1. The summed E-state index contributed by atoms with van der Waals surface area (Å²) in [7, 11) is 1.61. The van der Waals surface area contributed by atoms with Gasteiger partial charge in [-0.1, -0.05) is 12.1 Å². The van der Waals surface area contributed by atoms with Crippen LogP contribution in [0.2, 0.25) is 0 Å². The van der Waals surface area contributed by atoms with Gasteiger partial charge in [-0.2, -0.15) is 5.10 Å². The van der Waals surface area contributed by atoms with Gasteiger partial charge in [-0.3, -0.25) is 9.36 Å². The number of hydrogen-bond acceptors (Lipinski definition) is 4. The van der Waals surface area contributed by atoms with Gasteiger partial charge in [0.1, 0.15) is 12.2 Å². The lowest BCUT2D eigenvalue weighted by Crippen LogP contribution is -2.31. The minimum absolute atomic E-state index is 0.0840. The molecule has 0 saturated carbocycles. The Bertz CT molecular complexity index is 1220. The van der Waals surface area contributed by atoms with Gasteiger partial charge in [-0.25, -0.2) is 19.2 Å². The number of hydrogen-bond donors (Lipinski definition) is 0. The highest BCUT2D eigenvalue weighted by atomic mass is 16.2. The maximum Gasteiger partial charge on any atom is 0.331 e. The lowest BCUT2D eigenvalue weighted by Gasteiger charge is -2.16. The Morgan fingerprint density at radius 2 is 1.79 bits per heavy atom. The zero-order valence-corrected chi connectivity index (χ0v) is 15.1. The van der Waals surface area contributed by atoms with Crippen molar-refractivity contribution in [3.8, 4) is 17.2 Å². The Labute approximate surface area is 160 Å². The van der Waals surface area contributed by atoms with E-state index < -0.39 is 0 Å². The van der Waals surface area contributed by atoms with E-state index in [1.54, 1.807) is 25.5 Å². The second-order valence-corrected chi connectivity index (χ2v) is 6.59. The van der Waals surface area contributed by atoms with E-state index in [-0.39, 0.29) is 18.5 Å². The molecule has 0 bridgehead atoms. The molecule has 8 nitrogen and oxygen atoms in total. The van der Waals surface area contributed by atoms with Gasteiger partial charge >= 0.3 is 6.03 Å². The van der Waals surface area contributed by atoms with E-state index in [4.69, 9.17) is 0 Å². The first-order valence-corrected chi connectivity index (χ1v) is 8.78. The van der Waals surface area contributed by atoms with E-state index in [9.17, 15) is 9.59 Å². The molecular weight excluding hydrogens is 356 g/mol. The van der Waals surface area contributed by atoms with Crippen molar-refractivity contribution in [2.45, 2.75) is 0 Å². The predicted molar refractivity (Wildman–Crippen MR) is 103 cm³/mol. The molecule has 138 valence electrons. The molecule has 4 aromatic rings. The number of nitrogens with zero attached hydrogens (tertiary/aromatic N) is 6. The molecule has 1 fully saturated rings. The van der Waals surface area contributed by atoms with Crippen LogP contribution in [0.4, 0.5) is 10.5 Å². The van der Waals surface area contributed by atoms with E-state index in [0.717, 1.165) is 16.9 Å². The Hall–Kier alpha value is -3.94. The zero-order valence-electron chi connectivity index (χ0n) is 15.1. The first-order valence-electron chi connectivity index (χ1n) is 8.78. The number of carbonyl (C=O) groups is 2. The van der Waals surface area contributed by atoms with Crippen molar-refractivity contribution in [1.82, 2.24) is 24.1 Å². The van der Waals surface area contributed by atoms with Crippen molar-refractivity contribution in [2.75, 3.05) is 18.5 Å². The predicted octanol–water partition coefficient (Wildman–Crippen LogP) is 2.59. The molecule has 3 amide bonds.